The summed E-state index contributed by atoms with van der Waals surface area (Å²) < 4.78 is 0. The van der Waals surface area contributed by atoms with Crippen LogP contribution in [0.25, 0.3) is 0 Å². The van der Waals surface area contributed by atoms with E-state index >= 15 is 0 Å². The highest BCUT2D eigenvalue weighted by Crippen LogP contribution is 2.42. The van der Waals surface area contributed by atoms with E-state index in [0.29, 0.717) is 6.42 Å². The Bertz CT molecular complexity index is 774. The summed E-state index contributed by atoms with van der Waals surface area (Å²) in [5.74, 6) is 0. The van der Waals surface area contributed by atoms with Gasteiger partial charge in [0.1, 0.15) is 6.29 Å². The quantitative estimate of drug-likeness (QED) is 0.517. The van der Waals surface area contributed by atoms with E-state index in [2.05, 4.69) is 78.2 Å². The van der Waals surface area contributed by atoms with E-state index in [1.165, 1.54) is 15.9 Å². The van der Waals surface area contributed by atoms with Gasteiger partial charge in [-0.05, 0) is 22.0 Å². The molecule has 0 radical (unpaired) electrons. The highest BCUT2D eigenvalue weighted by Gasteiger charge is 2.24. The summed E-state index contributed by atoms with van der Waals surface area (Å²) in [5.41, 5.74) is 3.64. The predicted molar refractivity (Wildman–Crippen MR) is 105 cm³/mol. The fraction of sp³-hybridized carbons (Fsp3) is 0.0455. The molecule has 0 aliphatic carbocycles. The van der Waals surface area contributed by atoms with Gasteiger partial charge in [0.2, 0.25) is 0 Å². The molecule has 24 heavy (non-hydrogen) atoms. The van der Waals surface area contributed by atoms with Crippen LogP contribution in [-0.2, 0) is 4.79 Å². The van der Waals surface area contributed by atoms with Crippen LogP contribution in [0.3, 0.4) is 0 Å². The van der Waals surface area contributed by atoms with E-state index in [9.17, 15) is 4.79 Å². The average molecular weight is 330 g/mol. The lowest BCUT2D eigenvalue weighted by atomic mass is 10.4. The van der Waals surface area contributed by atoms with Crippen LogP contribution in [0.5, 0.6) is 0 Å². The van der Waals surface area contributed by atoms with Gasteiger partial charge in [0.25, 0.3) is 0 Å². The van der Waals surface area contributed by atoms with Crippen LogP contribution in [0.15, 0.2) is 97.1 Å². The molecule has 3 aromatic rings. The van der Waals surface area contributed by atoms with E-state index in [-0.39, 0.29) is 0 Å². The molecule has 0 saturated carbocycles. The molecule has 0 aromatic heterocycles. The van der Waals surface area contributed by atoms with Gasteiger partial charge < -0.3 is 4.79 Å². The molecule has 2 heteroatoms. The highest BCUT2D eigenvalue weighted by atomic mass is 31.2. The predicted octanol–water partition coefficient (Wildman–Crippen LogP) is 3.53. The van der Waals surface area contributed by atoms with Gasteiger partial charge in [-0.1, -0.05) is 91.0 Å². The van der Waals surface area contributed by atoms with Gasteiger partial charge in [-0.15, -0.1) is 5.45 Å². The Morgan fingerprint density at radius 2 is 1.04 bits per heavy atom. The third kappa shape index (κ3) is 3.19. The van der Waals surface area contributed by atoms with E-state index in [0.717, 1.165) is 6.29 Å². The number of aldehydes is 1. The van der Waals surface area contributed by atoms with Crippen molar-refractivity contribution in [1.82, 2.24) is 0 Å². The Balaban J connectivity index is 2.42. The van der Waals surface area contributed by atoms with Crippen molar-refractivity contribution in [2.45, 2.75) is 6.42 Å². The van der Waals surface area contributed by atoms with E-state index in [1.54, 1.807) is 0 Å². The van der Waals surface area contributed by atoms with Crippen molar-refractivity contribution in [1.29, 1.82) is 0 Å². The first-order valence-electron chi connectivity index (χ1n) is 7.97. The van der Waals surface area contributed by atoms with Crippen LogP contribution in [0.2, 0.25) is 0 Å². The maximum absolute atomic E-state index is 10.8. The first-order valence-corrected chi connectivity index (χ1v) is 9.76. The van der Waals surface area contributed by atoms with Crippen molar-refractivity contribution in [3.05, 3.63) is 97.1 Å². The van der Waals surface area contributed by atoms with Crippen molar-refractivity contribution in [3.8, 4) is 0 Å². The summed E-state index contributed by atoms with van der Waals surface area (Å²) in [7, 11) is 0. The van der Waals surface area contributed by atoms with Gasteiger partial charge >= 0.3 is 0 Å². The number of rotatable bonds is 5. The number of carbonyl (C=O) groups excluding carboxylic acids is 1. The molecule has 0 heterocycles. The summed E-state index contributed by atoms with van der Waals surface area (Å²) in [4.78, 5) is 10.8. The van der Waals surface area contributed by atoms with Gasteiger partial charge in [-0.3, -0.25) is 0 Å². The third-order valence-corrected chi connectivity index (χ3v) is 7.72. The molecule has 0 bridgehead atoms. The smallest absolute Gasteiger partial charge is 0.124 e. The van der Waals surface area contributed by atoms with Crippen molar-refractivity contribution in [2.75, 3.05) is 0 Å². The average Bonchev–Trinajstić information content (AvgIpc) is 2.68. The monoisotopic (exact) mass is 330 g/mol. The maximum atomic E-state index is 10.8. The summed E-state index contributed by atoms with van der Waals surface area (Å²) >= 11 is 0. The molecule has 0 N–H and O–H groups in total. The Labute approximate surface area is 143 Å². The van der Waals surface area contributed by atoms with E-state index < -0.39 is 6.89 Å². The lowest BCUT2D eigenvalue weighted by Crippen LogP contribution is -2.25. The van der Waals surface area contributed by atoms with Gasteiger partial charge in [0.05, 0.1) is 0 Å². The third-order valence-electron chi connectivity index (χ3n) is 3.93. The fourth-order valence-electron chi connectivity index (χ4n) is 2.86. The van der Waals surface area contributed by atoms with Crippen molar-refractivity contribution in [2.24, 2.45) is 0 Å². The summed E-state index contributed by atoms with van der Waals surface area (Å²) in [5, 5.41) is 3.72. The Morgan fingerprint density at radius 1 is 0.667 bits per heavy atom. The first kappa shape index (κ1) is 16.3. The minimum Gasteiger partial charge on any atom is -0.303 e. The molecule has 0 amide bonds. The second kappa shape index (κ2) is 7.79. The Morgan fingerprint density at radius 3 is 1.38 bits per heavy atom. The van der Waals surface area contributed by atoms with Gasteiger partial charge in [-0.25, -0.2) is 0 Å². The van der Waals surface area contributed by atoms with Gasteiger partial charge in [0, 0.05) is 13.3 Å². The van der Waals surface area contributed by atoms with Crippen molar-refractivity contribution >= 4 is 34.5 Å². The minimum atomic E-state index is -2.05. The second-order valence-electron chi connectivity index (χ2n) is 5.41. The van der Waals surface area contributed by atoms with E-state index in [1.807, 2.05) is 24.3 Å². The SMILES string of the molecule is O=CCC=C=P(c1ccccc1)(c1ccccc1)c1ccccc1. The second-order valence-corrected chi connectivity index (χ2v) is 8.56. The molecule has 0 aliphatic rings. The molecule has 3 rings (SSSR count). The standard InChI is InChI=1S/C22H19OP/c23-18-10-11-19-24(20-12-4-1-5-13-20,21-14-6-2-7-15-21)22-16-8-3-9-17-22/h1-9,11-18H,10H2. The molecule has 0 spiro atoms. The van der Waals surface area contributed by atoms with Crippen LogP contribution in [0, 0.1) is 0 Å². The first-order chi connectivity index (χ1) is 11.9. The molecule has 0 unspecified atom stereocenters. The molecule has 0 fully saturated rings. The molecular weight excluding hydrogens is 311 g/mol. The highest BCUT2D eigenvalue weighted by molar-refractivity contribution is 7.94. The van der Waals surface area contributed by atoms with Crippen LogP contribution in [0.4, 0.5) is 0 Å². The molecule has 118 valence electrons. The topological polar surface area (TPSA) is 17.1 Å². The summed E-state index contributed by atoms with van der Waals surface area (Å²) in [6.45, 7) is -2.05. The van der Waals surface area contributed by atoms with Crippen LogP contribution < -0.4 is 15.9 Å². The number of hydrogen-bond donors (Lipinski definition) is 0. The molecule has 0 atom stereocenters. The largest absolute Gasteiger partial charge is 0.303 e. The molecule has 1 nitrogen and oxygen atoms in total. The van der Waals surface area contributed by atoms with Crippen molar-refractivity contribution in [3.63, 3.8) is 0 Å². The summed E-state index contributed by atoms with van der Waals surface area (Å²) in [6, 6.07) is 31.5. The van der Waals surface area contributed by atoms with Gasteiger partial charge in [-0.2, -0.15) is 0 Å². The minimum absolute atomic E-state index is 0.383. The lowest BCUT2D eigenvalue weighted by Gasteiger charge is -2.25. The number of benzene rings is 3. The Hall–Kier alpha value is -2.59. The van der Waals surface area contributed by atoms with Crippen LogP contribution in [-0.4, -0.2) is 11.7 Å². The number of carbonyl (C=O) groups is 1. The zero-order chi connectivity index (χ0) is 16.7. The van der Waals surface area contributed by atoms with Crippen LogP contribution in [0.1, 0.15) is 6.42 Å². The number of hydrogen-bond acceptors (Lipinski definition) is 1. The lowest BCUT2D eigenvalue weighted by molar-refractivity contribution is -0.107. The van der Waals surface area contributed by atoms with Crippen molar-refractivity contribution < 1.29 is 4.79 Å². The maximum Gasteiger partial charge on any atom is 0.124 e. The zero-order valence-corrected chi connectivity index (χ0v) is 14.3. The summed E-state index contributed by atoms with van der Waals surface area (Å²) in [6.07, 6.45) is 3.19. The normalized spacial score (nSPS) is 10.7. The molecule has 0 aliphatic heterocycles. The molecular formula is C22H19OP. The Kier molecular flexibility index (Phi) is 5.29. The molecule has 0 saturated heterocycles. The van der Waals surface area contributed by atoms with E-state index in [4.69, 9.17) is 0 Å². The zero-order valence-electron chi connectivity index (χ0n) is 13.4. The fourth-order valence-corrected chi connectivity index (χ4v) is 6.44. The van der Waals surface area contributed by atoms with Crippen LogP contribution >= 0.6 is 6.89 Å². The number of allylic oxidation sites excluding steroid dienone is 1. The van der Waals surface area contributed by atoms with Gasteiger partial charge in [0.15, 0.2) is 0 Å². The molecule has 3 aromatic carbocycles.